The maximum Gasteiger partial charge on any atom is 0.127 e. The molecule has 2 aromatic rings. The van der Waals surface area contributed by atoms with E-state index >= 15 is 0 Å². The van der Waals surface area contributed by atoms with E-state index in [9.17, 15) is 0 Å². The van der Waals surface area contributed by atoms with Gasteiger partial charge in [-0.1, -0.05) is 0 Å². The van der Waals surface area contributed by atoms with E-state index < -0.39 is 0 Å². The molecule has 0 aliphatic rings. The zero-order valence-corrected chi connectivity index (χ0v) is 8.34. The smallest absolute Gasteiger partial charge is 0.127 e. The van der Waals surface area contributed by atoms with E-state index in [0.29, 0.717) is 0 Å². The molecule has 0 fully saturated rings. The van der Waals surface area contributed by atoms with Crippen LogP contribution < -0.4 is 0 Å². The molecule has 0 radical (unpaired) electrons. The van der Waals surface area contributed by atoms with Crippen molar-refractivity contribution in [1.29, 1.82) is 0 Å². The highest BCUT2D eigenvalue weighted by Crippen LogP contribution is 2.26. The Morgan fingerprint density at radius 1 is 1.17 bits per heavy atom. The lowest BCUT2D eigenvalue weighted by Crippen LogP contribution is -1.79. The fourth-order valence-corrected chi connectivity index (χ4v) is 1.98. The molecule has 0 amide bonds. The van der Waals surface area contributed by atoms with Gasteiger partial charge >= 0.3 is 0 Å². The molecule has 5 heteroatoms. The number of rotatable bonds is 1. The fraction of sp³-hybridized carbons (Fsp3) is 0. The molecule has 0 saturated carbocycles. The minimum atomic E-state index is 0.933. The molecule has 2 heterocycles. The topological polar surface area (TPSA) is 38.7 Å². The van der Waals surface area contributed by atoms with Crippen LogP contribution in [0.15, 0.2) is 28.7 Å². The Bertz CT molecular complexity index is 373. The molecule has 0 bridgehead atoms. The van der Waals surface area contributed by atoms with Gasteiger partial charge in [0.15, 0.2) is 0 Å². The minimum Gasteiger partial charge on any atom is -0.244 e. The van der Waals surface area contributed by atoms with Crippen LogP contribution in [0.3, 0.4) is 0 Å². The summed E-state index contributed by atoms with van der Waals surface area (Å²) in [5.74, 6) is 0. The molecule has 0 unspecified atom stereocenters. The summed E-state index contributed by atoms with van der Waals surface area (Å²) in [6, 6.07) is 0. The molecule has 0 atom stereocenters. The molecule has 2 rings (SSSR count). The van der Waals surface area contributed by atoms with E-state index in [4.69, 9.17) is 0 Å². The summed E-state index contributed by atoms with van der Waals surface area (Å²) in [5, 5.41) is 0.933. The molecule has 60 valence electrons. The maximum atomic E-state index is 4.18. The van der Waals surface area contributed by atoms with Crippen molar-refractivity contribution in [1.82, 2.24) is 15.0 Å². The molecule has 12 heavy (non-hydrogen) atoms. The number of thiazole rings is 1. The minimum absolute atomic E-state index is 0.933. The lowest BCUT2D eigenvalue weighted by Gasteiger charge is -1.90. The van der Waals surface area contributed by atoms with Crippen LogP contribution in [-0.2, 0) is 0 Å². The van der Waals surface area contributed by atoms with Crippen LogP contribution in [-0.4, -0.2) is 15.0 Å². The Kier molecular flexibility index (Phi) is 2.14. The van der Waals surface area contributed by atoms with E-state index in [2.05, 4.69) is 30.9 Å². The summed E-state index contributed by atoms with van der Waals surface area (Å²) in [7, 11) is 0. The summed E-state index contributed by atoms with van der Waals surface area (Å²) < 4.78 is 1.02. The predicted molar refractivity (Wildman–Crippen MR) is 50.8 cm³/mol. The second-order valence-corrected chi connectivity index (χ2v) is 4.51. The number of hydrogen-bond acceptors (Lipinski definition) is 4. The van der Waals surface area contributed by atoms with Gasteiger partial charge in [0.2, 0.25) is 0 Å². The average Bonchev–Trinajstić information content (AvgIpc) is 2.54. The van der Waals surface area contributed by atoms with Crippen LogP contribution in [0, 0.1) is 0 Å². The summed E-state index contributed by atoms with van der Waals surface area (Å²) in [5.41, 5.74) is 0.952. The zero-order valence-electron chi connectivity index (χ0n) is 5.94. The first-order chi connectivity index (χ1) is 5.86. The van der Waals surface area contributed by atoms with Crippen molar-refractivity contribution in [2.24, 2.45) is 0 Å². The van der Waals surface area contributed by atoms with Crippen molar-refractivity contribution < 1.29 is 0 Å². The lowest BCUT2D eigenvalue weighted by molar-refractivity contribution is 1.17. The van der Waals surface area contributed by atoms with Gasteiger partial charge in [-0.05, 0) is 15.9 Å². The summed E-state index contributed by atoms with van der Waals surface area (Å²) >= 11 is 4.91. The number of halogens is 1. The van der Waals surface area contributed by atoms with Crippen molar-refractivity contribution in [2.75, 3.05) is 0 Å². The Morgan fingerprint density at radius 2 is 1.92 bits per heavy atom. The zero-order chi connectivity index (χ0) is 8.39. The third-order valence-corrected chi connectivity index (χ3v) is 2.81. The molecule has 0 N–H and O–H groups in total. The first-order valence-corrected chi connectivity index (χ1v) is 4.84. The van der Waals surface area contributed by atoms with Crippen molar-refractivity contribution >= 4 is 27.3 Å². The van der Waals surface area contributed by atoms with Crippen molar-refractivity contribution in [3.8, 4) is 10.6 Å². The second-order valence-electron chi connectivity index (χ2n) is 2.10. The largest absolute Gasteiger partial charge is 0.244 e. The van der Waals surface area contributed by atoms with Gasteiger partial charge in [-0.15, -0.1) is 11.3 Å². The SMILES string of the molecule is Brc1cnc(-c2cncnc2)s1. The van der Waals surface area contributed by atoms with Gasteiger partial charge in [0, 0.05) is 18.0 Å². The lowest BCUT2D eigenvalue weighted by atomic mass is 10.4. The third kappa shape index (κ3) is 1.51. The molecule has 0 aromatic carbocycles. The second kappa shape index (κ2) is 3.28. The van der Waals surface area contributed by atoms with Crippen LogP contribution in [0.2, 0.25) is 0 Å². The highest BCUT2D eigenvalue weighted by atomic mass is 79.9. The van der Waals surface area contributed by atoms with Crippen LogP contribution in [0.4, 0.5) is 0 Å². The first kappa shape index (κ1) is 7.82. The van der Waals surface area contributed by atoms with Gasteiger partial charge in [0.1, 0.15) is 11.3 Å². The molecule has 0 saturated heterocycles. The van der Waals surface area contributed by atoms with Gasteiger partial charge in [-0.25, -0.2) is 15.0 Å². The van der Waals surface area contributed by atoms with Crippen molar-refractivity contribution in [3.63, 3.8) is 0 Å². The Labute approximate surface area is 81.7 Å². The molecular formula is C7H4BrN3S. The quantitative estimate of drug-likeness (QED) is 0.770. The summed E-state index contributed by atoms with van der Waals surface area (Å²) in [6.45, 7) is 0. The standard InChI is InChI=1S/C7H4BrN3S/c8-6-3-11-7(12-6)5-1-9-4-10-2-5/h1-4H. The highest BCUT2D eigenvalue weighted by Gasteiger charge is 2.01. The van der Waals surface area contributed by atoms with Crippen LogP contribution in [0.5, 0.6) is 0 Å². The summed E-state index contributed by atoms with van der Waals surface area (Å²) in [4.78, 5) is 12.0. The van der Waals surface area contributed by atoms with Gasteiger partial charge < -0.3 is 0 Å². The summed E-state index contributed by atoms with van der Waals surface area (Å²) in [6.07, 6.45) is 6.77. The van der Waals surface area contributed by atoms with Crippen molar-refractivity contribution in [2.45, 2.75) is 0 Å². The highest BCUT2D eigenvalue weighted by molar-refractivity contribution is 9.11. The maximum absolute atomic E-state index is 4.18. The molecule has 2 aromatic heterocycles. The van der Waals surface area contributed by atoms with Gasteiger partial charge in [0.25, 0.3) is 0 Å². The molecule has 0 spiro atoms. The first-order valence-electron chi connectivity index (χ1n) is 3.23. The van der Waals surface area contributed by atoms with Crippen LogP contribution in [0.1, 0.15) is 0 Å². The normalized spacial score (nSPS) is 10.1. The number of hydrogen-bond donors (Lipinski definition) is 0. The van der Waals surface area contributed by atoms with E-state index in [-0.39, 0.29) is 0 Å². The van der Waals surface area contributed by atoms with E-state index in [1.54, 1.807) is 29.9 Å². The number of nitrogens with zero attached hydrogens (tertiary/aromatic N) is 3. The molecule has 0 aliphatic heterocycles. The Balaban J connectivity index is 2.45. The van der Waals surface area contributed by atoms with E-state index in [1.165, 1.54) is 6.33 Å². The number of aromatic nitrogens is 3. The van der Waals surface area contributed by atoms with E-state index in [1.807, 2.05) is 0 Å². The molecule has 0 aliphatic carbocycles. The average molecular weight is 242 g/mol. The Morgan fingerprint density at radius 3 is 2.50 bits per heavy atom. The third-order valence-electron chi connectivity index (χ3n) is 1.29. The van der Waals surface area contributed by atoms with Crippen LogP contribution in [0.25, 0.3) is 10.6 Å². The monoisotopic (exact) mass is 241 g/mol. The van der Waals surface area contributed by atoms with Crippen LogP contribution >= 0.6 is 27.3 Å². The van der Waals surface area contributed by atoms with Gasteiger partial charge in [-0.2, -0.15) is 0 Å². The molecule has 3 nitrogen and oxygen atoms in total. The predicted octanol–water partition coefficient (Wildman–Crippen LogP) is 2.36. The van der Waals surface area contributed by atoms with E-state index in [0.717, 1.165) is 14.4 Å². The molecular weight excluding hydrogens is 238 g/mol. The van der Waals surface area contributed by atoms with Gasteiger partial charge in [-0.3, -0.25) is 0 Å². The fourth-order valence-electron chi connectivity index (χ4n) is 0.797. The van der Waals surface area contributed by atoms with Gasteiger partial charge in [0.05, 0.1) is 9.98 Å². The Hall–Kier alpha value is -0.810. The van der Waals surface area contributed by atoms with Crippen molar-refractivity contribution in [3.05, 3.63) is 28.7 Å².